The molecule has 7 fully saturated rings. The van der Waals surface area contributed by atoms with Crippen LogP contribution < -0.4 is 10.9 Å². The summed E-state index contributed by atoms with van der Waals surface area (Å²) < 4.78 is 49.1. The second-order valence-corrected chi connectivity index (χ2v) is 14.3. The second kappa shape index (κ2) is 10.1. The summed E-state index contributed by atoms with van der Waals surface area (Å²) in [7, 11) is 2.11. The van der Waals surface area contributed by atoms with E-state index in [1.54, 1.807) is 0 Å². The van der Waals surface area contributed by atoms with Crippen LogP contribution in [0, 0.1) is 40.9 Å². The molecule has 0 aromatic carbocycles. The summed E-state index contributed by atoms with van der Waals surface area (Å²) in [5.41, 5.74) is 6.69. The highest BCUT2D eigenvalue weighted by molar-refractivity contribution is 5.82. The molecule has 7 nitrogen and oxygen atoms in total. The van der Waals surface area contributed by atoms with Gasteiger partial charge in [-0.25, -0.2) is 10.9 Å². The van der Waals surface area contributed by atoms with Crippen molar-refractivity contribution in [1.29, 1.82) is 0 Å². The molecule has 0 bridgehead atoms. The van der Waals surface area contributed by atoms with Crippen molar-refractivity contribution in [3.63, 3.8) is 0 Å². The van der Waals surface area contributed by atoms with Crippen LogP contribution in [0.4, 0.5) is 13.2 Å². The quantitative estimate of drug-likeness (QED) is 0.526. The van der Waals surface area contributed by atoms with Crippen molar-refractivity contribution >= 4 is 5.91 Å². The van der Waals surface area contributed by atoms with Crippen molar-refractivity contribution < 1.29 is 22.7 Å². The number of hydrogen-bond donors (Lipinski definition) is 2. The minimum Gasteiger partial charge on any atom is -0.380 e. The number of halogens is 3. The molecule has 0 radical (unpaired) electrons. The zero-order valence-corrected chi connectivity index (χ0v) is 23.3. The molecule has 4 heterocycles. The molecule has 1 amide bonds. The van der Waals surface area contributed by atoms with Crippen molar-refractivity contribution in [2.45, 2.75) is 88.6 Å². The van der Waals surface area contributed by atoms with E-state index < -0.39 is 23.9 Å². The highest BCUT2D eigenvalue weighted by atomic mass is 19.4. The molecule has 2 N–H and O–H groups in total. The molecule has 9 unspecified atom stereocenters. The molecule has 9 atom stereocenters. The Bertz CT molecular complexity index is 931. The maximum Gasteiger partial charge on any atom is 0.392 e. The Morgan fingerprint density at radius 3 is 2.64 bits per heavy atom. The zero-order valence-electron chi connectivity index (χ0n) is 23.3. The molecule has 7 aliphatic rings. The summed E-state index contributed by atoms with van der Waals surface area (Å²) in [4.78, 5) is 20.5. The number of likely N-dealkylation sites (tertiary alicyclic amines) is 2. The number of fused-ring (bicyclic) bond motifs is 2. The van der Waals surface area contributed by atoms with Gasteiger partial charge >= 0.3 is 6.18 Å². The molecule has 4 aliphatic heterocycles. The fourth-order valence-electron chi connectivity index (χ4n) is 9.63. The van der Waals surface area contributed by atoms with Crippen LogP contribution in [-0.2, 0) is 9.53 Å². The first-order chi connectivity index (χ1) is 18.7. The number of nitrogens with zero attached hydrogens (tertiary/aromatic N) is 3. The molecule has 4 saturated heterocycles. The van der Waals surface area contributed by atoms with Gasteiger partial charge in [0.25, 0.3) is 0 Å². The molecular formula is C29H46F3N5O2. The van der Waals surface area contributed by atoms with Crippen LogP contribution in [0.25, 0.3) is 0 Å². The molecule has 10 heteroatoms. The van der Waals surface area contributed by atoms with Crippen LogP contribution in [0.3, 0.4) is 0 Å². The average Bonchev–Trinajstić information content (AvgIpc) is 3.48. The summed E-state index contributed by atoms with van der Waals surface area (Å²) >= 11 is 0. The number of nitrogens with one attached hydrogen (secondary N) is 2. The van der Waals surface area contributed by atoms with E-state index in [-0.39, 0.29) is 35.9 Å². The predicted molar refractivity (Wildman–Crippen MR) is 140 cm³/mol. The number of carbonyl (C=O) groups is 1. The van der Waals surface area contributed by atoms with Gasteiger partial charge in [0.2, 0.25) is 5.91 Å². The average molecular weight is 554 g/mol. The molecule has 39 heavy (non-hydrogen) atoms. The topological polar surface area (TPSA) is 60.1 Å². The summed E-state index contributed by atoms with van der Waals surface area (Å²) in [6, 6.07) is 0.655. The lowest BCUT2D eigenvalue weighted by Crippen LogP contribution is -2.56. The molecule has 3 aliphatic carbocycles. The Balaban J connectivity index is 1.05. The molecule has 0 spiro atoms. The molecular weight excluding hydrogens is 507 g/mol. The second-order valence-electron chi connectivity index (χ2n) is 14.3. The van der Waals surface area contributed by atoms with Crippen LogP contribution in [0.15, 0.2) is 0 Å². The third-order valence-corrected chi connectivity index (χ3v) is 12.0. The standard InChI is InChI=1S/C29H46F3N5O2/c1-35-17-33-34-26(35)12-28(15-39-16-28)20-5-2-6-21(11-20)37-14-23-22(27(37)38)8-18(9-24(23)29(30,31)32)13-36-7-3-4-19-10-25(19)36/h18-26,33-34H,2-17H2,1H3. The number of alkyl halides is 3. The van der Waals surface area contributed by atoms with Crippen LogP contribution in [-0.4, -0.2) is 91.6 Å². The van der Waals surface area contributed by atoms with Gasteiger partial charge in [-0.1, -0.05) is 6.42 Å². The highest BCUT2D eigenvalue weighted by Crippen LogP contribution is 2.53. The molecule has 3 saturated carbocycles. The Morgan fingerprint density at radius 2 is 1.92 bits per heavy atom. The van der Waals surface area contributed by atoms with E-state index in [4.69, 9.17) is 4.74 Å². The number of hydrogen-bond acceptors (Lipinski definition) is 6. The SMILES string of the molecule is CN1CNNC1CC1(C2CCCC(N3CC4C(CC(CN5CCCC6CC65)CC4C(F)(F)F)C3=O)C2)COC1. The van der Waals surface area contributed by atoms with Gasteiger partial charge in [0, 0.05) is 36.5 Å². The summed E-state index contributed by atoms with van der Waals surface area (Å²) in [6.07, 6.45) is 5.45. The number of amides is 1. The largest absolute Gasteiger partial charge is 0.392 e. The highest BCUT2D eigenvalue weighted by Gasteiger charge is 2.59. The van der Waals surface area contributed by atoms with E-state index in [0.29, 0.717) is 24.9 Å². The summed E-state index contributed by atoms with van der Waals surface area (Å²) in [6.45, 7) is 4.35. The van der Waals surface area contributed by atoms with Crippen molar-refractivity contribution in [3.05, 3.63) is 0 Å². The minimum atomic E-state index is -4.24. The zero-order chi connectivity index (χ0) is 26.9. The molecule has 0 aromatic heterocycles. The lowest BCUT2D eigenvalue weighted by Gasteiger charge is -2.52. The van der Waals surface area contributed by atoms with Crippen molar-refractivity contribution in [2.75, 3.05) is 46.6 Å². The van der Waals surface area contributed by atoms with Gasteiger partial charge in [0.05, 0.1) is 32.0 Å². The van der Waals surface area contributed by atoms with Crippen molar-refractivity contribution in [2.24, 2.45) is 40.9 Å². The maximum absolute atomic E-state index is 14.4. The number of ether oxygens (including phenoxy) is 1. The first-order valence-corrected chi connectivity index (χ1v) is 15.6. The van der Waals surface area contributed by atoms with Gasteiger partial charge < -0.3 is 9.64 Å². The van der Waals surface area contributed by atoms with E-state index >= 15 is 0 Å². The Hall–Kier alpha value is -0.940. The Kier molecular flexibility index (Phi) is 6.98. The first kappa shape index (κ1) is 26.9. The molecule has 7 rings (SSSR count). The van der Waals surface area contributed by atoms with E-state index in [9.17, 15) is 18.0 Å². The van der Waals surface area contributed by atoms with Crippen molar-refractivity contribution in [3.8, 4) is 0 Å². The van der Waals surface area contributed by atoms with Gasteiger partial charge in [-0.05, 0) is 95.1 Å². The fourth-order valence-corrected chi connectivity index (χ4v) is 9.63. The monoisotopic (exact) mass is 553 g/mol. The first-order valence-electron chi connectivity index (χ1n) is 15.6. The molecule has 220 valence electrons. The Labute approximate surface area is 230 Å². The number of hydrazine groups is 1. The smallest absolute Gasteiger partial charge is 0.380 e. The normalized spacial score (nSPS) is 44.7. The van der Waals surface area contributed by atoms with Crippen LogP contribution >= 0.6 is 0 Å². The summed E-state index contributed by atoms with van der Waals surface area (Å²) in [5, 5.41) is 0. The third-order valence-electron chi connectivity index (χ3n) is 12.0. The van der Waals surface area contributed by atoms with Gasteiger partial charge in [-0.3, -0.25) is 14.6 Å². The van der Waals surface area contributed by atoms with E-state index in [1.165, 1.54) is 12.8 Å². The fraction of sp³-hybridized carbons (Fsp3) is 0.966. The molecule has 0 aromatic rings. The van der Waals surface area contributed by atoms with Crippen LogP contribution in [0.2, 0.25) is 0 Å². The number of rotatable bonds is 6. The predicted octanol–water partition coefficient (Wildman–Crippen LogP) is 3.42. The third kappa shape index (κ3) is 4.94. The van der Waals surface area contributed by atoms with Gasteiger partial charge in [0.1, 0.15) is 0 Å². The lowest BCUT2D eigenvalue weighted by molar-refractivity contribution is -0.204. The lowest BCUT2D eigenvalue weighted by atomic mass is 9.64. The van der Waals surface area contributed by atoms with Crippen LogP contribution in [0.1, 0.15) is 64.2 Å². The van der Waals surface area contributed by atoms with E-state index in [2.05, 4.69) is 27.7 Å². The van der Waals surface area contributed by atoms with Gasteiger partial charge in [-0.2, -0.15) is 13.2 Å². The van der Waals surface area contributed by atoms with Crippen molar-refractivity contribution in [1.82, 2.24) is 25.6 Å². The number of carbonyl (C=O) groups excluding carboxylic acids is 1. The van der Waals surface area contributed by atoms with E-state index in [1.807, 2.05) is 4.90 Å². The van der Waals surface area contributed by atoms with Gasteiger partial charge in [0.15, 0.2) is 0 Å². The minimum absolute atomic E-state index is 0.0212. The summed E-state index contributed by atoms with van der Waals surface area (Å²) in [5.74, 6) is -1.19. The van der Waals surface area contributed by atoms with Crippen LogP contribution in [0.5, 0.6) is 0 Å². The van der Waals surface area contributed by atoms with E-state index in [0.717, 1.165) is 77.4 Å². The Morgan fingerprint density at radius 1 is 1.08 bits per heavy atom. The van der Waals surface area contributed by atoms with Gasteiger partial charge in [-0.15, -0.1) is 0 Å². The number of piperidine rings is 1. The maximum atomic E-state index is 14.4.